The van der Waals surface area contributed by atoms with Gasteiger partial charge in [0.05, 0.1) is 6.61 Å². The molecule has 0 heterocycles. The minimum Gasteiger partial charge on any atom is -0.479 e. The summed E-state index contributed by atoms with van der Waals surface area (Å²) in [5.74, 6) is -1.99. The van der Waals surface area contributed by atoms with Crippen molar-refractivity contribution in [3.05, 3.63) is 59.7 Å². The van der Waals surface area contributed by atoms with E-state index in [0.29, 0.717) is 0 Å². The van der Waals surface area contributed by atoms with Gasteiger partial charge in [-0.05, 0) is 29.2 Å². The Balaban J connectivity index is 1.55. The molecular weight excluding hydrogens is 388 g/mol. The number of hydrogen-bond donors (Lipinski definition) is 3. The average Bonchev–Trinajstić information content (AvgIpc) is 3.04. The first-order valence-corrected chi connectivity index (χ1v) is 9.48. The molecule has 0 fully saturated rings. The Morgan fingerprint density at radius 1 is 1.03 bits per heavy atom. The molecule has 1 unspecified atom stereocenters. The Morgan fingerprint density at radius 3 is 2.13 bits per heavy atom. The summed E-state index contributed by atoms with van der Waals surface area (Å²) in [7, 11) is 1.34. The molecular formula is C22H24N2O6. The van der Waals surface area contributed by atoms with Gasteiger partial charge >= 0.3 is 12.1 Å². The average molecular weight is 412 g/mol. The SMILES string of the molecule is COCC(C)(NC(=O)CNC(=O)OCC1c2ccccc2-c2ccccc21)C(=O)O. The van der Waals surface area contributed by atoms with Crippen LogP contribution in [-0.4, -0.2) is 55.5 Å². The molecule has 0 aliphatic heterocycles. The first kappa shape index (κ1) is 21.3. The molecule has 2 aromatic rings. The molecule has 2 amide bonds. The number of ether oxygens (including phenoxy) is 2. The van der Waals surface area contributed by atoms with Crippen LogP contribution < -0.4 is 10.6 Å². The third kappa shape index (κ3) is 4.44. The second-order valence-electron chi connectivity index (χ2n) is 7.30. The first-order chi connectivity index (χ1) is 14.4. The van der Waals surface area contributed by atoms with Gasteiger partial charge in [-0.25, -0.2) is 9.59 Å². The Hall–Kier alpha value is -3.39. The van der Waals surface area contributed by atoms with Crippen molar-refractivity contribution < 1.29 is 29.0 Å². The maximum Gasteiger partial charge on any atom is 0.407 e. The van der Waals surface area contributed by atoms with Crippen LogP contribution in [0, 0.1) is 0 Å². The fraction of sp³-hybridized carbons (Fsp3) is 0.318. The maximum absolute atomic E-state index is 12.1. The lowest BCUT2D eigenvalue weighted by molar-refractivity contribution is -0.149. The van der Waals surface area contributed by atoms with Gasteiger partial charge in [-0.1, -0.05) is 48.5 Å². The molecule has 1 aliphatic rings. The molecule has 158 valence electrons. The standard InChI is InChI=1S/C22H24N2O6/c1-22(13-29-2,20(26)27)24-19(25)11-23-21(28)30-12-18-16-9-5-3-7-14(16)15-8-4-6-10-17(15)18/h3-10,18H,11-13H2,1-2H3,(H,23,28)(H,24,25)(H,26,27). The molecule has 0 radical (unpaired) electrons. The molecule has 8 nitrogen and oxygen atoms in total. The van der Waals surface area contributed by atoms with E-state index < -0.39 is 30.1 Å². The van der Waals surface area contributed by atoms with Gasteiger partial charge < -0.3 is 25.2 Å². The quantitative estimate of drug-likeness (QED) is 0.612. The van der Waals surface area contributed by atoms with Crippen LogP contribution in [0.25, 0.3) is 11.1 Å². The van der Waals surface area contributed by atoms with Gasteiger partial charge in [0.2, 0.25) is 5.91 Å². The second-order valence-corrected chi connectivity index (χ2v) is 7.30. The summed E-state index contributed by atoms with van der Waals surface area (Å²) >= 11 is 0. The summed E-state index contributed by atoms with van der Waals surface area (Å²) in [4.78, 5) is 35.5. The van der Waals surface area contributed by atoms with Gasteiger partial charge in [-0.3, -0.25) is 4.79 Å². The van der Waals surface area contributed by atoms with Crippen molar-refractivity contribution in [2.45, 2.75) is 18.4 Å². The number of amides is 2. The van der Waals surface area contributed by atoms with Crippen LogP contribution in [0.3, 0.4) is 0 Å². The topological polar surface area (TPSA) is 114 Å². The number of carbonyl (C=O) groups is 3. The summed E-state index contributed by atoms with van der Waals surface area (Å²) in [6, 6.07) is 15.9. The molecule has 1 atom stereocenters. The lowest BCUT2D eigenvalue weighted by Crippen LogP contribution is -2.57. The van der Waals surface area contributed by atoms with E-state index in [1.807, 2.05) is 48.5 Å². The van der Waals surface area contributed by atoms with Crippen LogP contribution in [0.2, 0.25) is 0 Å². The number of alkyl carbamates (subject to hydrolysis) is 1. The molecule has 0 aromatic heterocycles. The molecule has 3 N–H and O–H groups in total. The number of aliphatic carboxylic acids is 1. The molecule has 30 heavy (non-hydrogen) atoms. The van der Waals surface area contributed by atoms with E-state index in [4.69, 9.17) is 9.47 Å². The summed E-state index contributed by atoms with van der Waals surface area (Å²) in [5, 5.41) is 13.9. The molecule has 1 aliphatic carbocycles. The number of carbonyl (C=O) groups excluding carboxylic acids is 2. The maximum atomic E-state index is 12.1. The van der Waals surface area contributed by atoms with Gasteiger partial charge in [-0.15, -0.1) is 0 Å². The Labute approximate surface area is 174 Å². The number of fused-ring (bicyclic) bond motifs is 3. The normalized spacial score (nSPS) is 14.2. The van der Waals surface area contributed by atoms with Crippen molar-refractivity contribution >= 4 is 18.0 Å². The van der Waals surface area contributed by atoms with E-state index in [2.05, 4.69) is 10.6 Å². The van der Waals surface area contributed by atoms with Crippen LogP contribution >= 0.6 is 0 Å². The summed E-state index contributed by atoms with van der Waals surface area (Å²) in [6.45, 7) is 0.824. The van der Waals surface area contributed by atoms with Crippen LogP contribution in [-0.2, 0) is 19.1 Å². The highest BCUT2D eigenvalue weighted by molar-refractivity contribution is 5.89. The van der Waals surface area contributed by atoms with Gasteiger partial charge in [-0.2, -0.15) is 0 Å². The van der Waals surface area contributed by atoms with Crippen molar-refractivity contribution in [3.63, 3.8) is 0 Å². The van der Waals surface area contributed by atoms with Gasteiger partial charge in [0.25, 0.3) is 0 Å². The molecule has 2 aromatic carbocycles. The number of carboxylic acid groups (broad SMARTS) is 1. The van der Waals surface area contributed by atoms with E-state index in [0.717, 1.165) is 22.3 Å². The number of nitrogens with one attached hydrogen (secondary N) is 2. The molecule has 0 saturated heterocycles. The first-order valence-electron chi connectivity index (χ1n) is 9.48. The minimum absolute atomic E-state index is 0.0889. The summed E-state index contributed by atoms with van der Waals surface area (Å²) in [6.07, 6.45) is -0.754. The largest absolute Gasteiger partial charge is 0.479 e. The monoisotopic (exact) mass is 412 g/mol. The van der Waals surface area contributed by atoms with Crippen LogP contribution in [0.15, 0.2) is 48.5 Å². The molecule has 0 bridgehead atoms. The predicted molar refractivity (Wildman–Crippen MR) is 109 cm³/mol. The molecule has 3 rings (SSSR count). The number of rotatable bonds is 8. The zero-order valence-corrected chi connectivity index (χ0v) is 16.8. The fourth-order valence-corrected chi connectivity index (χ4v) is 3.59. The van der Waals surface area contributed by atoms with Crippen LogP contribution in [0.5, 0.6) is 0 Å². The number of hydrogen-bond acceptors (Lipinski definition) is 5. The molecule has 0 spiro atoms. The van der Waals surface area contributed by atoms with Crippen LogP contribution in [0.1, 0.15) is 24.0 Å². The van der Waals surface area contributed by atoms with E-state index in [1.54, 1.807) is 0 Å². The van der Waals surface area contributed by atoms with Crippen LogP contribution in [0.4, 0.5) is 4.79 Å². The zero-order valence-electron chi connectivity index (χ0n) is 16.8. The summed E-state index contributed by atoms with van der Waals surface area (Å²) in [5.41, 5.74) is 2.82. The predicted octanol–water partition coefficient (Wildman–Crippen LogP) is 2.13. The third-order valence-electron chi connectivity index (χ3n) is 5.06. The zero-order chi connectivity index (χ0) is 21.7. The Morgan fingerprint density at radius 2 is 1.60 bits per heavy atom. The second kappa shape index (κ2) is 8.96. The highest BCUT2D eigenvalue weighted by Gasteiger charge is 2.35. The molecule has 8 heteroatoms. The minimum atomic E-state index is -1.59. The smallest absolute Gasteiger partial charge is 0.407 e. The number of methoxy groups -OCH3 is 1. The number of benzene rings is 2. The molecule has 0 saturated carbocycles. The van der Waals surface area contributed by atoms with Crippen molar-refractivity contribution in [2.75, 3.05) is 26.9 Å². The van der Waals surface area contributed by atoms with E-state index in [1.165, 1.54) is 14.0 Å². The van der Waals surface area contributed by atoms with E-state index in [9.17, 15) is 19.5 Å². The van der Waals surface area contributed by atoms with Crippen molar-refractivity contribution in [2.24, 2.45) is 0 Å². The van der Waals surface area contributed by atoms with E-state index >= 15 is 0 Å². The van der Waals surface area contributed by atoms with Crippen molar-refractivity contribution in [1.82, 2.24) is 10.6 Å². The van der Waals surface area contributed by atoms with Gasteiger partial charge in [0.15, 0.2) is 5.54 Å². The van der Waals surface area contributed by atoms with Gasteiger partial charge in [0.1, 0.15) is 13.2 Å². The third-order valence-corrected chi connectivity index (χ3v) is 5.06. The van der Waals surface area contributed by atoms with Crippen molar-refractivity contribution in [1.29, 1.82) is 0 Å². The highest BCUT2D eigenvalue weighted by atomic mass is 16.5. The fourth-order valence-electron chi connectivity index (χ4n) is 3.59. The number of carboxylic acids is 1. The van der Waals surface area contributed by atoms with Gasteiger partial charge in [0, 0.05) is 13.0 Å². The van der Waals surface area contributed by atoms with E-state index in [-0.39, 0.29) is 19.1 Å². The van der Waals surface area contributed by atoms with Crippen molar-refractivity contribution in [3.8, 4) is 11.1 Å². The summed E-state index contributed by atoms with van der Waals surface area (Å²) < 4.78 is 10.2. The lowest BCUT2D eigenvalue weighted by atomic mass is 9.98. The Bertz CT molecular complexity index is 915. The Kier molecular flexibility index (Phi) is 6.37. The highest BCUT2D eigenvalue weighted by Crippen LogP contribution is 2.44. The lowest BCUT2D eigenvalue weighted by Gasteiger charge is -2.25.